The van der Waals surface area contributed by atoms with Gasteiger partial charge < -0.3 is 9.47 Å². The normalized spacial score (nSPS) is 16.9. The van der Waals surface area contributed by atoms with Gasteiger partial charge in [-0.25, -0.2) is 4.79 Å². The van der Waals surface area contributed by atoms with E-state index in [0.717, 1.165) is 37.1 Å². The van der Waals surface area contributed by atoms with Crippen LogP contribution >= 0.6 is 23.4 Å². The van der Waals surface area contributed by atoms with Crippen LogP contribution in [-0.2, 0) is 14.3 Å². The first kappa shape index (κ1) is 21.0. The number of amides is 1. The lowest BCUT2D eigenvalue weighted by Crippen LogP contribution is -2.19. The molecular formula is C18H20ClN3O4S. The first-order chi connectivity index (χ1) is 13.0. The van der Waals surface area contributed by atoms with E-state index >= 15 is 0 Å². The van der Waals surface area contributed by atoms with E-state index in [2.05, 4.69) is 27.2 Å². The van der Waals surface area contributed by atoms with Gasteiger partial charge in [0.05, 0.1) is 24.8 Å². The molecule has 27 heavy (non-hydrogen) atoms. The highest BCUT2D eigenvalue weighted by molar-refractivity contribution is 8.18. The lowest BCUT2D eigenvalue weighted by molar-refractivity contribution is -0.135. The third-order valence-electron chi connectivity index (χ3n) is 3.42. The van der Waals surface area contributed by atoms with Crippen molar-refractivity contribution in [2.75, 3.05) is 13.7 Å². The molecular weight excluding hydrogens is 390 g/mol. The largest absolute Gasteiger partial charge is 0.493 e. The average molecular weight is 410 g/mol. The van der Waals surface area contributed by atoms with Crippen molar-refractivity contribution >= 4 is 46.6 Å². The second-order valence-corrected chi connectivity index (χ2v) is 6.94. The number of thioether (sulfide) groups is 1. The molecule has 1 aliphatic rings. The quantitative estimate of drug-likeness (QED) is 0.233. The number of amidine groups is 1. The summed E-state index contributed by atoms with van der Waals surface area (Å²) >= 11 is 7.04. The minimum absolute atomic E-state index is 0.193. The van der Waals surface area contributed by atoms with Gasteiger partial charge in [0.25, 0.3) is 5.91 Å². The van der Waals surface area contributed by atoms with Crippen molar-refractivity contribution in [3.8, 4) is 5.75 Å². The number of hydrogen-bond donors (Lipinski definition) is 1. The van der Waals surface area contributed by atoms with Gasteiger partial charge in [-0.3, -0.25) is 10.1 Å². The Morgan fingerprint density at radius 3 is 2.93 bits per heavy atom. The summed E-state index contributed by atoms with van der Waals surface area (Å²) in [7, 11) is 1.24. The van der Waals surface area contributed by atoms with Crippen molar-refractivity contribution in [1.82, 2.24) is 5.32 Å². The Balaban J connectivity index is 2.06. The van der Waals surface area contributed by atoms with Gasteiger partial charge in [-0.15, -0.1) is 5.10 Å². The highest BCUT2D eigenvalue weighted by Gasteiger charge is 2.25. The van der Waals surface area contributed by atoms with E-state index in [4.69, 9.17) is 16.3 Å². The van der Waals surface area contributed by atoms with Crippen LogP contribution in [0.3, 0.4) is 0 Å². The lowest BCUT2D eigenvalue weighted by atomic mass is 10.2. The molecule has 1 aromatic carbocycles. The van der Waals surface area contributed by atoms with Gasteiger partial charge >= 0.3 is 5.97 Å². The summed E-state index contributed by atoms with van der Waals surface area (Å²) in [5.74, 6) is -0.378. The third-order valence-corrected chi connectivity index (χ3v) is 4.56. The zero-order valence-electron chi connectivity index (χ0n) is 15.0. The fourth-order valence-corrected chi connectivity index (χ4v) is 2.99. The Morgan fingerprint density at radius 2 is 2.19 bits per heavy atom. The topological polar surface area (TPSA) is 89.4 Å². The van der Waals surface area contributed by atoms with Crippen molar-refractivity contribution in [1.29, 1.82) is 0 Å². The summed E-state index contributed by atoms with van der Waals surface area (Å²) in [6, 6.07) is 5.26. The number of carbonyl (C=O) groups excluding carboxylic acids is 2. The zero-order valence-corrected chi connectivity index (χ0v) is 16.6. The van der Waals surface area contributed by atoms with Gasteiger partial charge in [0, 0.05) is 16.7 Å². The van der Waals surface area contributed by atoms with Crippen LogP contribution in [0.5, 0.6) is 5.75 Å². The number of hydrogen-bond acceptors (Lipinski definition) is 7. The Hall–Kier alpha value is -2.32. The summed E-state index contributed by atoms with van der Waals surface area (Å²) in [6.07, 6.45) is 5.79. The van der Waals surface area contributed by atoms with Crippen LogP contribution in [0.4, 0.5) is 0 Å². The SMILES string of the molecule is CCCCCOc1ccc(Cl)cc1C=N/N=C1/NC(=O)/C(=C\C(=O)OC)S1. The molecule has 0 saturated carbocycles. The van der Waals surface area contributed by atoms with E-state index in [0.29, 0.717) is 22.9 Å². The molecule has 0 radical (unpaired) electrons. The van der Waals surface area contributed by atoms with Crippen molar-refractivity contribution in [3.05, 3.63) is 39.8 Å². The zero-order chi connectivity index (χ0) is 19.6. The van der Waals surface area contributed by atoms with E-state index < -0.39 is 11.9 Å². The maximum absolute atomic E-state index is 11.8. The summed E-state index contributed by atoms with van der Waals surface area (Å²) < 4.78 is 10.3. The highest BCUT2D eigenvalue weighted by Crippen LogP contribution is 2.24. The van der Waals surface area contributed by atoms with Gasteiger partial charge in [-0.05, 0) is 36.4 Å². The summed E-state index contributed by atoms with van der Waals surface area (Å²) in [5, 5.41) is 11.3. The first-order valence-electron chi connectivity index (χ1n) is 8.35. The van der Waals surface area contributed by atoms with Crippen LogP contribution in [0.2, 0.25) is 5.02 Å². The molecule has 0 spiro atoms. The van der Waals surface area contributed by atoms with Gasteiger partial charge in [-0.2, -0.15) is 5.10 Å². The predicted molar refractivity (Wildman–Crippen MR) is 107 cm³/mol. The molecule has 1 saturated heterocycles. The smallest absolute Gasteiger partial charge is 0.331 e. The molecule has 2 rings (SSSR count). The van der Waals surface area contributed by atoms with Crippen LogP contribution in [0.15, 0.2) is 39.4 Å². The minimum atomic E-state index is -0.610. The molecule has 1 N–H and O–H groups in total. The number of ether oxygens (including phenoxy) is 2. The standard InChI is InChI=1S/C18H20ClN3O4S/c1-3-4-5-8-26-14-7-6-13(19)9-12(14)11-20-22-18-21-17(24)15(27-18)10-16(23)25-2/h6-7,9-11H,3-5,8H2,1-2H3,(H,21,22,24)/b15-10+,20-11?. The van der Waals surface area contributed by atoms with Crippen molar-refractivity contribution < 1.29 is 19.1 Å². The molecule has 1 fully saturated rings. The third kappa shape index (κ3) is 6.73. The molecule has 0 unspecified atom stereocenters. The maximum Gasteiger partial charge on any atom is 0.331 e. The molecule has 1 aromatic rings. The second kappa shape index (κ2) is 10.7. The minimum Gasteiger partial charge on any atom is -0.493 e. The number of benzene rings is 1. The number of unbranched alkanes of at least 4 members (excludes halogenated alkanes) is 2. The van der Waals surface area contributed by atoms with Gasteiger partial charge in [0.15, 0.2) is 5.17 Å². The molecule has 1 aliphatic heterocycles. The first-order valence-corrected chi connectivity index (χ1v) is 9.55. The monoisotopic (exact) mass is 409 g/mol. The van der Waals surface area contributed by atoms with E-state index in [1.807, 2.05) is 0 Å². The van der Waals surface area contributed by atoms with E-state index in [1.54, 1.807) is 18.2 Å². The van der Waals surface area contributed by atoms with Gasteiger partial charge in [-0.1, -0.05) is 31.4 Å². The summed E-state index contributed by atoms with van der Waals surface area (Å²) in [4.78, 5) is 23.2. The van der Waals surface area contributed by atoms with E-state index in [-0.39, 0.29) is 10.1 Å². The number of rotatable bonds is 8. The number of carbonyl (C=O) groups is 2. The number of halogens is 1. The second-order valence-electron chi connectivity index (χ2n) is 5.48. The number of nitrogens with one attached hydrogen (secondary N) is 1. The molecule has 1 heterocycles. The molecule has 9 heteroatoms. The van der Waals surface area contributed by atoms with Gasteiger partial charge in [0.2, 0.25) is 0 Å². The molecule has 7 nitrogen and oxygen atoms in total. The van der Waals surface area contributed by atoms with Crippen LogP contribution in [0.25, 0.3) is 0 Å². The van der Waals surface area contributed by atoms with E-state index in [1.165, 1.54) is 13.3 Å². The average Bonchev–Trinajstić information content (AvgIpc) is 2.99. The Bertz CT molecular complexity index is 793. The van der Waals surface area contributed by atoms with Crippen LogP contribution < -0.4 is 10.1 Å². The highest BCUT2D eigenvalue weighted by atomic mass is 35.5. The van der Waals surface area contributed by atoms with Crippen molar-refractivity contribution in [3.63, 3.8) is 0 Å². The Labute approximate surface area is 166 Å². The van der Waals surface area contributed by atoms with Crippen LogP contribution in [0, 0.1) is 0 Å². The van der Waals surface area contributed by atoms with Crippen molar-refractivity contribution in [2.24, 2.45) is 10.2 Å². The molecule has 0 atom stereocenters. The number of esters is 1. The van der Waals surface area contributed by atoms with Crippen LogP contribution in [0.1, 0.15) is 31.7 Å². The molecule has 0 bridgehead atoms. The molecule has 144 valence electrons. The fourth-order valence-electron chi connectivity index (χ4n) is 2.07. The predicted octanol–water partition coefficient (Wildman–Crippen LogP) is 3.52. The Morgan fingerprint density at radius 1 is 1.37 bits per heavy atom. The molecule has 0 aromatic heterocycles. The molecule has 0 aliphatic carbocycles. The fraction of sp³-hybridized carbons (Fsp3) is 0.333. The molecule has 1 amide bonds. The van der Waals surface area contributed by atoms with Crippen molar-refractivity contribution in [2.45, 2.75) is 26.2 Å². The maximum atomic E-state index is 11.8. The lowest BCUT2D eigenvalue weighted by Gasteiger charge is -2.08. The van der Waals surface area contributed by atoms with Crippen LogP contribution in [-0.4, -0.2) is 37.0 Å². The van der Waals surface area contributed by atoms with Gasteiger partial charge in [0.1, 0.15) is 5.75 Å². The number of methoxy groups -OCH3 is 1. The summed E-state index contributed by atoms with van der Waals surface area (Å²) in [5.41, 5.74) is 0.683. The number of nitrogens with zero attached hydrogens (tertiary/aromatic N) is 2. The summed E-state index contributed by atoms with van der Waals surface area (Å²) in [6.45, 7) is 2.74. The Kier molecular flexibility index (Phi) is 8.35. The van der Waals surface area contributed by atoms with E-state index in [9.17, 15) is 9.59 Å².